The maximum atomic E-state index is 13.6. The van der Waals surface area contributed by atoms with E-state index in [-0.39, 0.29) is 23.7 Å². The molecule has 0 fully saturated rings. The highest BCUT2D eigenvalue weighted by Gasteiger charge is 2.37. The minimum Gasteiger partial charge on any atom is -0.444 e. The number of rotatable bonds is 9. The maximum absolute atomic E-state index is 13.6. The first kappa shape index (κ1) is 27.8. The first-order valence-electron chi connectivity index (χ1n) is 11.1. The average Bonchev–Trinajstić information content (AvgIpc) is 2.67. The van der Waals surface area contributed by atoms with Crippen LogP contribution in [0.25, 0.3) is 0 Å². The van der Waals surface area contributed by atoms with Crippen LogP contribution in [0.15, 0.2) is 24.3 Å². The van der Waals surface area contributed by atoms with Gasteiger partial charge in [-0.15, -0.1) is 0 Å². The summed E-state index contributed by atoms with van der Waals surface area (Å²) in [6.07, 6.45) is 0.168. The normalized spacial score (nSPS) is 13.5. The molecule has 1 aromatic rings. The van der Waals surface area contributed by atoms with Gasteiger partial charge in [0.2, 0.25) is 11.8 Å². The van der Waals surface area contributed by atoms with E-state index in [0.29, 0.717) is 5.56 Å². The molecular formula is C24H39N3O4S. The largest absolute Gasteiger partial charge is 0.444 e. The van der Waals surface area contributed by atoms with Gasteiger partial charge in [-0.3, -0.25) is 9.59 Å². The van der Waals surface area contributed by atoms with E-state index in [4.69, 9.17) is 4.74 Å². The zero-order valence-corrected chi connectivity index (χ0v) is 21.5. The molecule has 0 aliphatic carbocycles. The Hall–Kier alpha value is -2.22. The lowest BCUT2D eigenvalue weighted by molar-refractivity contribution is -0.144. The molecular weight excluding hydrogens is 426 g/mol. The van der Waals surface area contributed by atoms with Crippen LogP contribution in [0.3, 0.4) is 0 Å². The lowest BCUT2D eigenvalue weighted by atomic mass is 9.99. The molecule has 0 spiro atoms. The van der Waals surface area contributed by atoms with Crippen molar-refractivity contribution in [2.75, 3.05) is 5.75 Å². The number of carbonyl (C=O) groups is 3. The lowest BCUT2D eigenvalue weighted by Crippen LogP contribution is -2.56. The summed E-state index contributed by atoms with van der Waals surface area (Å²) < 4.78 is 5.30. The number of aryl methyl sites for hydroxylation is 1. The van der Waals surface area contributed by atoms with Crippen LogP contribution in [0.5, 0.6) is 0 Å². The van der Waals surface area contributed by atoms with Gasteiger partial charge >= 0.3 is 6.09 Å². The lowest BCUT2D eigenvalue weighted by Gasteiger charge is -2.37. The fraction of sp³-hybridized carbons (Fsp3) is 0.625. The Morgan fingerprint density at radius 3 is 2.00 bits per heavy atom. The molecule has 0 radical (unpaired) electrons. The number of ether oxygens (including phenoxy) is 1. The summed E-state index contributed by atoms with van der Waals surface area (Å²) in [5, 5.41) is 5.53. The molecule has 0 aliphatic rings. The highest BCUT2D eigenvalue weighted by molar-refractivity contribution is 7.80. The molecule has 2 atom stereocenters. The second-order valence-electron chi connectivity index (χ2n) is 9.38. The molecule has 8 heteroatoms. The molecule has 0 aliphatic heterocycles. The van der Waals surface area contributed by atoms with Gasteiger partial charge in [0.05, 0.1) is 0 Å². The zero-order chi connectivity index (χ0) is 24.6. The van der Waals surface area contributed by atoms with E-state index in [1.54, 1.807) is 20.8 Å². The topological polar surface area (TPSA) is 87.7 Å². The summed E-state index contributed by atoms with van der Waals surface area (Å²) in [5.74, 6) is -0.611. The molecule has 1 rings (SSSR count). The second-order valence-corrected chi connectivity index (χ2v) is 9.75. The molecule has 0 saturated heterocycles. The number of hydrogen-bond acceptors (Lipinski definition) is 5. The van der Waals surface area contributed by atoms with Gasteiger partial charge in [-0.05, 0) is 66.0 Å². The van der Waals surface area contributed by atoms with Crippen LogP contribution in [-0.2, 0) is 20.7 Å². The Balaban J connectivity index is 3.34. The van der Waals surface area contributed by atoms with E-state index in [1.807, 2.05) is 52.0 Å². The van der Waals surface area contributed by atoms with Crippen molar-refractivity contribution in [1.82, 2.24) is 15.5 Å². The molecule has 2 unspecified atom stereocenters. The number of hydrogen-bond donors (Lipinski definition) is 3. The number of nitrogens with one attached hydrogen (secondary N) is 2. The summed E-state index contributed by atoms with van der Waals surface area (Å²) in [6.45, 7) is 14.7. The Kier molecular flexibility index (Phi) is 10.5. The first-order chi connectivity index (χ1) is 14.8. The minimum atomic E-state index is -0.945. The SMILES string of the molecule is CCc1ccc(C(C(=O)NC(C)C)N(C(=O)C(CS)NC(=O)OC(C)(C)C)C(C)C)cc1. The van der Waals surface area contributed by atoms with Crippen LogP contribution in [0.2, 0.25) is 0 Å². The van der Waals surface area contributed by atoms with Crippen LogP contribution in [-0.4, -0.2) is 52.3 Å². The first-order valence-corrected chi connectivity index (χ1v) is 11.8. The maximum Gasteiger partial charge on any atom is 0.408 e. The van der Waals surface area contributed by atoms with Gasteiger partial charge in [0.15, 0.2) is 0 Å². The number of benzene rings is 1. The third-order valence-electron chi connectivity index (χ3n) is 4.64. The molecule has 0 heterocycles. The number of nitrogens with zero attached hydrogens (tertiary/aromatic N) is 1. The van der Waals surface area contributed by atoms with E-state index < -0.39 is 29.7 Å². The minimum absolute atomic E-state index is 0.0641. The molecule has 0 bridgehead atoms. The molecule has 0 aromatic heterocycles. The van der Waals surface area contributed by atoms with Crippen molar-refractivity contribution in [2.45, 2.75) is 91.6 Å². The summed E-state index contributed by atoms with van der Waals surface area (Å²) in [6, 6.07) is 5.49. The van der Waals surface area contributed by atoms with Gasteiger partial charge in [0.1, 0.15) is 17.7 Å². The van der Waals surface area contributed by atoms with Crippen molar-refractivity contribution >= 4 is 30.5 Å². The van der Waals surface area contributed by atoms with Crippen molar-refractivity contribution < 1.29 is 19.1 Å². The van der Waals surface area contributed by atoms with Gasteiger partial charge in [-0.2, -0.15) is 12.6 Å². The van der Waals surface area contributed by atoms with E-state index >= 15 is 0 Å². The Labute approximate surface area is 198 Å². The summed E-state index contributed by atoms with van der Waals surface area (Å²) in [7, 11) is 0. The van der Waals surface area contributed by atoms with Crippen LogP contribution < -0.4 is 10.6 Å². The molecule has 0 saturated carbocycles. The molecule has 180 valence electrons. The highest BCUT2D eigenvalue weighted by Crippen LogP contribution is 2.26. The summed E-state index contributed by atoms with van der Waals surface area (Å²) in [4.78, 5) is 40.6. The quantitative estimate of drug-likeness (QED) is 0.483. The van der Waals surface area contributed by atoms with Crippen LogP contribution in [0.4, 0.5) is 4.79 Å². The monoisotopic (exact) mass is 465 g/mol. The van der Waals surface area contributed by atoms with Gasteiger partial charge in [-0.25, -0.2) is 4.79 Å². The van der Waals surface area contributed by atoms with Gasteiger partial charge in [-0.1, -0.05) is 31.2 Å². The highest BCUT2D eigenvalue weighted by atomic mass is 32.1. The molecule has 1 aromatic carbocycles. The van der Waals surface area contributed by atoms with Crippen LogP contribution >= 0.6 is 12.6 Å². The van der Waals surface area contributed by atoms with E-state index in [2.05, 4.69) is 30.2 Å². The molecule has 3 amide bonds. The fourth-order valence-corrected chi connectivity index (χ4v) is 3.48. The van der Waals surface area contributed by atoms with Crippen LogP contribution in [0.1, 0.15) is 72.6 Å². The molecule has 32 heavy (non-hydrogen) atoms. The van der Waals surface area contributed by atoms with Gasteiger partial charge in [0, 0.05) is 17.8 Å². The smallest absolute Gasteiger partial charge is 0.408 e. The van der Waals surface area contributed by atoms with E-state index in [9.17, 15) is 14.4 Å². The Morgan fingerprint density at radius 2 is 1.59 bits per heavy atom. The predicted octanol–water partition coefficient (Wildman–Crippen LogP) is 3.87. The number of alkyl carbamates (subject to hydrolysis) is 1. The predicted molar refractivity (Wildman–Crippen MR) is 131 cm³/mol. The zero-order valence-electron chi connectivity index (χ0n) is 20.6. The van der Waals surface area contributed by atoms with E-state index in [1.165, 1.54) is 4.90 Å². The number of carbonyl (C=O) groups excluding carboxylic acids is 3. The van der Waals surface area contributed by atoms with Gasteiger partial charge < -0.3 is 20.3 Å². The van der Waals surface area contributed by atoms with Crippen LogP contribution in [0, 0.1) is 0 Å². The number of amides is 3. The molecule has 7 nitrogen and oxygen atoms in total. The van der Waals surface area contributed by atoms with Gasteiger partial charge in [0.25, 0.3) is 0 Å². The second kappa shape index (κ2) is 12.1. The third kappa shape index (κ3) is 8.37. The summed E-state index contributed by atoms with van der Waals surface area (Å²) >= 11 is 4.27. The standard InChI is InChI=1S/C24H39N3O4S/c1-9-17-10-12-18(13-11-17)20(21(28)25-15(2)3)27(16(4)5)22(29)19(14-32)26-23(30)31-24(6,7)8/h10-13,15-16,19-20,32H,9,14H2,1-8H3,(H,25,28)(H,26,30). The molecule has 2 N–H and O–H groups in total. The fourth-order valence-electron chi connectivity index (χ4n) is 3.23. The summed E-state index contributed by atoms with van der Waals surface area (Å²) in [5.41, 5.74) is 1.14. The number of thiol groups is 1. The van der Waals surface area contributed by atoms with E-state index in [0.717, 1.165) is 12.0 Å². The third-order valence-corrected chi connectivity index (χ3v) is 5.01. The average molecular weight is 466 g/mol. The Morgan fingerprint density at radius 1 is 1.03 bits per heavy atom. The van der Waals surface area contributed by atoms with Crippen molar-refractivity contribution in [2.24, 2.45) is 0 Å². The van der Waals surface area contributed by atoms with Crippen molar-refractivity contribution in [3.8, 4) is 0 Å². The Bertz CT molecular complexity index is 772. The van der Waals surface area contributed by atoms with Crippen molar-refractivity contribution in [3.05, 3.63) is 35.4 Å². The van der Waals surface area contributed by atoms with Crippen molar-refractivity contribution in [3.63, 3.8) is 0 Å². The van der Waals surface area contributed by atoms with Crippen molar-refractivity contribution in [1.29, 1.82) is 0 Å².